The maximum Gasteiger partial charge on any atom is 0.236 e. The van der Waals surface area contributed by atoms with Crippen LogP contribution in [0, 0.1) is 11.8 Å². The summed E-state index contributed by atoms with van der Waals surface area (Å²) in [6.07, 6.45) is 3.57. The second kappa shape index (κ2) is 1.48. The van der Waals surface area contributed by atoms with Crippen molar-refractivity contribution in [1.29, 1.82) is 0 Å². The molecule has 0 aromatic heterocycles. The van der Waals surface area contributed by atoms with E-state index < -0.39 is 0 Å². The summed E-state index contributed by atoms with van der Waals surface area (Å²) in [5.41, 5.74) is 0. The van der Waals surface area contributed by atoms with E-state index in [-0.39, 0.29) is 23.7 Å². The number of amides is 2. The molecule has 1 aliphatic carbocycles. The van der Waals surface area contributed by atoms with Gasteiger partial charge in [-0.2, -0.15) is 0 Å². The molecule has 2 aliphatic rings. The minimum Gasteiger partial charge on any atom is -0.285 e. The van der Waals surface area contributed by atoms with Gasteiger partial charge in [-0.1, -0.05) is 12.2 Å². The van der Waals surface area contributed by atoms with Gasteiger partial charge in [-0.25, -0.2) is 0 Å². The number of nitrogens with zero attached hydrogens (tertiary/aromatic N) is 1. The summed E-state index contributed by atoms with van der Waals surface area (Å²) in [4.78, 5) is 23.3. The maximum atomic E-state index is 11.0. The quantitative estimate of drug-likeness (QED) is 0.342. The van der Waals surface area contributed by atoms with Crippen LogP contribution in [0.1, 0.15) is 0 Å². The molecular formula is C7H7NO2. The predicted molar refractivity (Wildman–Crippen MR) is 33.9 cm³/mol. The summed E-state index contributed by atoms with van der Waals surface area (Å²) in [6, 6.07) is 0. The van der Waals surface area contributed by atoms with Gasteiger partial charge in [0.25, 0.3) is 0 Å². The first kappa shape index (κ1) is 5.65. The van der Waals surface area contributed by atoms with Crippen LogP contribution < -0.4 is 0 Å². The number of imide groups is 1. The second-order valence-corrected chi connectivity index (χ2v) is 2.67. The fourth-order valence-corrected chi connectivity index (χ4v) is 1.36. The predicted octanol–water partition coefficient (Wildman–Crippen LogP) is -0.213. The average molecular weight is 137 g/mol. The van der Waals surface area contributed by atoms with Gasteiger partial charge in [-0.05, 0) is 0 Å². The Balaban J connectivity index is 2.38. The molecule has 3 nitrogen and oxygen atoms in total. The lowest BCUT2D eigenvalue weighted by atomic mass is 9.85. The van der Waals surface area contributed by atoms with Crippen molar-refractivity contribution < 1.29 is 9.59 Å². The zero-order valence-corrected chi connectivity index (χ0v) is 5.57. The normalized spacial score (nSPS) is 36.3. The fourth-order valence-electron chi connectivity index (χ4n) is 1.36. The number of carbonyl (C=O) groups is 2. The lowest BCUT2D eigenvalue weighted by molar-refractivity contribution is -0.137. The van der Waals surface area contributed by atoms with E-state index in [4.69, 9.17) is 0 Å². The van der Waals surface area contributed by atoms with Crippen LogP contribution in [0.15, 0.2) is 12.2 Å². The largest absolute Gasteiger partial charge is 0.285 e. The molecule has 0 bridgehead atoms. The molecule has 0 radical (unpaired) electrons. The van der Waals surface area contributed by atoms with Crippen molar-refractivity contribution in [3.05, 3.63) is 12.2 Å². The first-order valence-corrected chi connectivity index (χ1v) is 3.21. The van der Waals surface area contributed by atoms with Crippen molar-refractivity contribution in [2.45, 2.75) is 0 Å². The smallest absolute Gasteiger partial charge is 0.236 e. The highest BCUT2D eigenvalue weighted by molar-refractivity contribution is 6.08. The van der Waals surface area contributed by atoms with Gasteiger partial charge in [0.05, 0.1) is 11.8 Å². The average Bonchev–Trinajstić information content (AvgIpc) is 1.92. The first-order chi connectivity index (χ1) is 4.72. The van der Waals surface area contributed by atoms with Crippen molar-refractivity contribution in [3.8, 4) is 0 Å². The van der Waals surface area contributed by atoms with E-state index in [0.29, 0.717) is 0 Å². The molecule has 2 unspecified atom stereocenters. The second-order valence-electron chi connectivity index (χ2n) is 2.67. The Labute approximate surface area is 58.3 Å². The molecule has 3 heteroatoms. The van der Waals surface area contributed by atoms with Crippen LogP contribution in [0.3, 0.4) is 0 Å². The number of fused-ring (bicyclic) bond motifs is 1. The van der Waals surface area contributed by atoms with Crippen molar-refractivity contribution in [3.63, 3.8) is 0 Å². The highest BCUT2D eigenvalue weighted by Gasteiger charge is 2.47. The first-order valence-electron chi connectivity index (χ1n) is 3.21. The Morgan fingerprint density at radius 2 is 1.60 bits per heavy atom. The lowest BCUT2D eigenvalue weighted by Gasteiger charge is -2.14. The van der Waals surface area contributed by atoms with Crippen LogP contribution in [0.25, 0.3) is 0 Å². The Hall–Kier alpha value is -1.12. The summed E-state index contributed by atoms with van der Waals surface area (Å²) in [6.45, 7) is 0. The van der Waals surface area contributed by atoms with Gasteiger partial charge in [0.2, 0.25) is 11.8 Å². The molecule has 1 saturated heterocycles. The van der Waals surface area contributed by atoms with Crippen molar-refractivity contribution in [2.24, 2.45) is 11.8 Å². The molecule has 2 amide bonds. The van der Waals surface area contributed by atoms with E-state index in [0.717, 1.165) is 0 Å². The highest BCUT2D eigenvalue weighted by Crippen LogP contribution is 2.34. The Morgan fingerprint density at radius 1 is 1.20 bits per heavy atom. The molecule has 0 N–H and O–H groups in total. The third kappa shape index (κ3) is 0.417. The number of hydrogen-bond donors (Lipinski definition) is 0. The van der Waals surface area contributed by atoms with E-state index in [1.165, 1.54) is 11.9 Å². The van der Waals surface area contributed by atoms with Crippen LogP contribution in [-0.4, -0.2) is 23.8 Å². The van der Waals surface area contributed by atoms with E-state index in [1.54, 1.807) is 12.2 Å². The zero-order chi connectivity index (χ0) is 7.30. The molecule has 52 valence electrons. The van der Waals surface area contributed by atoms with Gasteiger partial charge < -0.3 is 0 Å². The summed E-state index contributed by atoms with van der Waals surface area (Å²) < 4.78 is 0. The molecule has 0 aromatic rings. The van der Waals surface area contributed by atoms with Gasteiger partial charge in [-0.15, -0.1) is 0 Å². The van der Waals surface area contributed by atoms with E-state index in [2.05, 4.69) is 0 Å². The Bertz CT molecular complexity index is 220. The SMILES string of the molecule is CN1C(=O)C2C=CC2C1=O. The monoisotopic (exact) mass is 137 g/mol. The van der Waals surface area contributed by atoms with E-state index in [9.17, 15) is 9.59 Å². The van der Waals surface area contributed by atoms with Gasteiger partial charge in [0, 0.05) is 7.05 Å². The molecule has 2 rings (SSSR count). The van der Waals surface area contributed by atoms with Crippen LogP contribution in [0.4, 0.5) is 0 Å². The van der Waals surface area contributed by atoms with Crippen molar-refractivity contribution in [1.82, 2.24) is 4.90 Å². The van der Waals surface area contributed by atoms with Crippen LogP contribution >= 0.6 is 0 Å². The third-order valence-corrected chi connectivity index (χ3v) is 2.14. The molecular weight excluding hydrogens is 130 g/mol. The summed E-state index contributed by atoms with van der Waals surface area (Å²) in [5.74, 6) is -0.370. The van der Waals surface area contributed by atoms with Gasteiger partial charge >= 0.3 is 0 Å². The number of hydrogen-bond acceptors (Lipinski definition) is 2. The summed E-state index contributed by atoms with van der Waals surface area (Å²) >= 11 is 0. The lowest BCUT2D eigenvalue weighted by Crippen LogP contribution is -2.25. The van der Waals surface area contributed by atoms with Crippen molar-refractivity contribution in [2.75, 3.05) is 7.05 Å². The molecule has 2 atom stereocenters. The molecule has 0 aromatic carbocycles. The third-order valence-electron chi connectivity index (χ3n) is 2.14. The fraction of sp³-hybridized carbons (Fsp3) is 0.429. The van der Waals surface area contributed by atoms with Crippen molar-refractivity contribution >= 4 is 11.8 Å². The van der Waals surface area contributed by atoms with E-state index in [1.807, 2.05) is 0 Å². The van der Waals surface area contributed by atoms with Crippen LogP contribution in [0.5, 0.6) is 0 Å². The standard InChI is InChI=1S/C7H7NO2/c1-8-6(9)4-2-3-5(4)7(8)10/h2-5H,1H3. The van der Waals surface area contributed by atoms with Crippen LogP contribution in [0.2, 0.25) is 0 Å². The summed E-state index contributed by atoms with van der Waals surface area (Å²) in [5, 5.41) is 0. The minimum atomic E-state index is -0.127. The molecule has 10 heavy (non-hydrogen) atoms. The van der Waals surface area contributed by atoms with E-state index >= 15 is 0 Å². The van der Waals surface area contributed by atoms with Gasteiger partial charge in [-0.3, -0.25) is 14.5 Å². The molecule has 1 aliphatic heterocycles. The number of rotatable bonds is 0. The summed E-state index contributed by atoms with van der Waals surface area (Å²) in [7, 11) is 1.53. The van der Waals surface area contributed by atoms with Gasteiger partial charge in [0.1, 0.15) is 0 Å². The Kier molecular flexibility index (Phi) is 0.836. The molecule has 1 heterocycles. The van der Waals surface area contributed by atoms with Crippen LogP contribution in [-0.2, 0) is 9.59 Å². The zero-order valence-electron chi connectivity index (χ0n) is 5.57. The Morgan fingerprint density at radius 3 is 1.80 bits per heavy atom. The molecule has 1 fully saturated rings. The topological polar surface area (TPSA) is 37.4 Å². The van der Waals surface area contributed by atoms with Gasteiger partial charge in [0.15, 0.2) is 0 Å². The number of likely N-dealkylation sites (tertiary alicyclic amines) is 1. The maximum absolute atomic E-state index is 11.0. The highest BCUT2D eigenvalue weighted by atomic mass is 16.2. The molecule has 0 saturated carbocycles. The minimum absolute atomic E-state index is 0.0579. The number of carbonyl (C=O) groups excluding carboxylic acids is 2. The molecule has 0 spiro atoms.